The van der Waals surface area contributed by atoms with E-state index in [1.54, 1.807) is 4.40 Å². The Bertz CT molecular complexity index is 3280. The highest BCUT2D eigenvalue weighted by molar-refractivity contribution is 6.14. The summed E-state index contributed by atoms with van der Waals surface area (Å²) < 4.78 is 14.1. The van der Waals surface area contributed by atoms with Gasteiger partial charge in [0.05, 0.1) is 16.4 Å². The van der Waals surface area contributed by atoms with Gasteiger partial charge in [0, 0.05) is 32.5 Å². The van der Waals surface area contributed by atoms with Gasteiger partial charge < -0.3 is 8.83 Å². The Kier molecular flexibility index (Phi) is 5.72. The lowest BCUT2D eigenvalue weighted by atomic mass is 9.97. The maximum atomic E-state index is 14.8. The molecule has 0 saturated heterocycles. The van der Waals surface area contributed by atoms with Gasteiger partial charge in [-0.15, -0.1) is 0 Å². The van der Waals surface area contributed by atoms with Crippen molar-refractivity contribution in [2.24, 2.45) is 0 Å². The van der Waals surface area contributed by atoms with E-state index < -0.39 is 0 Å². The average Bonchev–Trinajstić information content (AvgIpc) is 3.76. The Labute approximate surface area is 289 Å². The maximum absolute atomic E-state index is 14.8. The van der Waals surface area contributed by atoms with Gasteiger partial charge in [-0.25, -0.2) is 14.4 Å². The minimum Gasteiger partial charge on any atom is -0.456 e. The van der Waals surface area contributed by atoms with E-state index in [1.165, 1.54) is 0 Å². The molecule has 0 aliphatic heterocycles. The molecular weight excluding hydrogens is 631 g/mol. The van der Waals surface area contributed by atoms with E-state index in [0.29, 0.717) is 22.4 Å². The fourth-order valence-electron chi connectivity index (χ4n) is 7.69. The maximum Gasteiger partial charge on any atom is 0.267 e. The summed E-state index contributed by atoms with van der Waals surface area (Å²) in [6, 6.07) is 50.3. The van der Waals surface area contributed by atoms with Crippen LogP contribution in [0.15, 0.2) is 165 Å². The number of nitrogens with zero attached hydrogens (tertiary/aromatic N) is 3. The van der Waals surface area contributed by atoms with Crippen LogP contribution in [0.2, 0.25) is 0 Å². The summed E-state index contributed by atoms with van der Waals surface area (Å²) in [6.07, 6.45) is 0. The molecule has 0 amide bonds. The molecule has 0 saturated carbocycles. The van der Waals surface area contributed by atoms with Crippen LogP contribution in [0.5, 0.6) is 0 Å². The minimum atomic E-state index is -0.178. The molecule has 51 heavy (non-hydrogen) atoms. The van der Waals surface area contributed by atoms with Gasteiger partial charge in [-0.1, -0.05) is 103 Å². The minimum absolute atomic E-state index is 0.178. The fourth-order valence-corrected chi connectivity index (χ4v) is 7.69. The van der Waals surface area contributed by atoms with Crippen molar-refractivity contribution in [1.29, 1.82) is 0 Å². The third-order valence-electron chi connectivity index (χ3n) is 10.0. The topological polar surface area (TPSA) is 73.5 Å². The van der Waals surface area contributed by atoms with E-state index in [4.69, 9.17) is 18.8 Å². The first-order valence-electron chi connectivity index (χ1n) is 16.9. The van der Waals surface area contributed by atoms with Gasteiger partial charge in [0.2, 0.25) is 0 Å². The highest BCUT2D eigenvalue weighted by atomic mass is 16.3. The average molecular weight is 656 g/mol. The molecule has 11 aromatic rings. The summed E-state index contributed by atoms with van der Waals surface area (Å²) in [4.78, 5) is 25.2. The highest BCUT2D eigenvalue weighted by Gasteiger charge is 2.19. The van der Waals surface area contributed by atoms with Crippen molar-refractivity contribution < 1.29 is 8.83 Å². The van der Waals surface area contributed by atoms with E-state index in [1.807, 2.05) is 115 Å². The normalized spacial score (nSPS) is 12.0. The second-order valence-electron chi connectivity index (χ2n) is 12.9. The first-order chi connectivity index (χ1) is 25.2. The van der Waals surface area contributed by atoms with E-state index in [-0.39, 0.29) is 5.56 Å². The molecule has 7 aromatic carbocycles. The molecule has 4 aromatic heterocycles. The molecule has 0 aliphatic rings. The SMILES string of the molecule is O=c1c2cc(-c3cccc4oc5ccccc5c34)ccc2nc2c3cc(-c4cccc5oc6ccccc6c45)ccc3nc(-c3ccccc3)n12. The summed E-state index contributed by atoms with van der Waals surface area (Å²) in [5, 5.41) is 5.46. The zero-order chi connectivity index (χ0) is 33.6. The van der Waals surface area contributed by atoms with Gasteiger partial charge in [0.1, 0.15) is 28.2 Å². The highest BCUT2D eigenvalue weighted by Crippen LogP contribution is 2.39. The third-order valence-corrected chi connectivity index (χ3v) is 10.0. The largest absolute Gasteiger partial charge is 0.456 e. The Morgan fingerprint density at radius 2 is 0.961 bits per heavy atom. The lowest BCUT2D eigenvalue weighted by Crippen LogP contribution is -2.19. The first-order valence-corrected chi connectivity index (χ1v) is 16.9. The molecule has 6 heteroatoms. The van der Waals surface area contributed by atoms with E-state index in [2.05, 4.69) is 36.4 Å². The molecule has 4 heterocycles. The Morgan fingerprint density at radius 1 is 0.431 bits per heavy atom. The summed E-state index contributed by atoms with van der Waals surface area (Å²) in [5.74, 6) is 0.543. The quantitative estimate of drug-likeness (QED) is 0.140. The van der Waals surface area contributed by atoms with Crippen molar-refractivity contribution in [2.75, 3.05) is 0 Å². The second-order valence-corrected chi connectivity index (χ2v) is 12.9. The van der Waals surface area contributed by atoms with Crippen molar-refractivity contribution in [3.05, 3.63) is 162 Å². The molecule has 0 atom stereocenters. The number of furan rings is 2. The zero-order valence-electron chi connectivity index (χ0n) is 27.0. The van der Waals surface area contributed by atoms with Crippen LogP contribution in [0.4, 0.5) is 0 Å². The Morgan fingerprint density at radius 3 is 1.59 bits per heavy atom. The van der Waals surface area contributed by atoms with Gasteiger partial charge in [0.25, 0.3) is 5.56 Å². The number of benzene rings is 7. The number of hydrogen-bond acceptors (Lipinski definition) is 5. The van der Waals surface area contributed by atoms with Crippen LogP contribution in [-0.2, 0) is 0 Å². The smallest absolute Gasteiger partial charge is 0.267 e. The van der Waals surface area contributed by atoms with Gasteiger partial charge in [-0.3, -0.25) is 4.79 Å². The fraction of sp³-hybridized carbons (Fsp3) is 0. The number of para-hydroxylation sites is 2. The van der Waals surface area contributed by atoms with Crippen LogP contribution in [0.1, 0.15) is 0 Å². The molecule has 0 N–H and O–H groups in total. The predicted octanol–water partition coefficient (Wildman–Crippen LogP) is 11.2. The lowest BCUT2D eigenvalue weighted by Gasteiger charge is -2.14. The number of rotatable bonds is 3. The molecule has 0 radical (unpaired) electrons. The van der Waals surface area contributed by atoms with Crippen LogP contribution >= 0.6 is 0 Å². The Hall–Kier alpha value is -7.05. The number of hydrogen-bond donors (Lipinski definition) is 0. The molecule has 0 spiro atoms. The van der Waals surface area contributed by atoms with Crippen LogP contribution < -0.4 is 5.56 Å². The summed E-state index contributed by atoms with van der Waals surface area (Å²) in [7, 11) is 0. The summed E-state index contributed by atoms with van der Waals surface area (Å²) in [6.45, 7) is 0. The molecular formula is C45H25N3O3. The van der Waals surface area contributed by atoms with Crippen molar-refractivity contribution in [2.45, 2.75) is 0 Å². The third kappa shape index (κ3) is 4.07. The molecule has 0 fully saturated rings. The molecule has 6 nitrogen and oxygen atoms in total. The zero-order valence-corrected chi connectivity index (χ0v) is 27.0. The molecule has 0 unspecified atom stereocenters. The van der Waals surface area contributed by atoms with Crippen molar-refractivity contribution in [3.8, 4) is 33.6 Å². The van der Waals surface area contributed by atoms with Crippen molar-refractivity contribution in [3.63, 3.8) is 0 Å². The van der Waals surface area contributed by atoms with Crippen LogP contribution in [0.3, 0.4) is 0 Å². The lowest BCUT2D eigenvalue weighted by molar-refractivity contribution is 0.668. The van der Waals surface area contributed by atoms with Gasteiger partial charge >= 0.3 is 0 Å². The van der Waals surface area contributed by atoms with Gasteiger partial charge in [-0.2, -0.15) is 0 Å². The summed E-state index contributed by atoms with van der Waals surface area (Å²) in [5.41, 5.74) is 9.82. The van der Waals surface area contributed by atoms with E-state index >= 15 is 0 Å². The molecule has 0 aliphatic carbocycles. The van der Waals surface area contributed by atoms with Crippen LogP contribution in [0.25, 0.3) is 105 Å². The molecule has 11 rings (SSSR count). The summed E-state index contributed by atoms with van der Waals surface area (Å²) >= 11 is 0. The second kappa shape index (κ2) is 10.5. The van der Waals surface area contributed by atoms with Crippen molar-refractivity contribution >= 4 is 71.3 Å². The van der Waals surface area contributed by atoms with Crippen LogP contribution in [0, 0.1) is 0 Å². The van der Waals surface area contributed by atoms with Crippen LogP contribution in [-0.4, -0.2) is 14.4 Å². The molecule has 0 bridgehead atoms. The standard InChI is InChI=1S/C45H25N3O3/c49-45-34-25-28(30-15-9-19-40-42(30)32-13-5-7-17-38(32)51-40)21-23-36(34)47-44-33-24-27(20-22-35(33)46-43(48(44)45)26-10-2-1-3-11-26)29-14-8-18-39-41(29)31-12-4-6-16-37(31)50-39/h1-25H. The number of fused-ring (bicyclic) bond motifs is 10. The van der Waals surface area contributed by atoms with E-state index in [9.17, 15) is 4.79 Å². The van der Waals surface area contributed by atoms with Crippen molar-refractivity contribution in [1.82, 2.24) is 14.4 Å². The molecule has 238 valence electrons. The van der Waals surface area contributed by atoms with Gasteiger partial charge in [0.15, 0.2) is 5.65 Å². The Balaban J connectivity index is 1.20. The number of aromatic nitrogens is 3. The van der Waals surface area contributed by atoms with E-state index in [0.717, 1.165) is 82.6 Å². The predicted molar refractivity (Wildman–Crippen MR) is 205 cm³/mol. The van der Waals surface area contributed by atoms with Gasteiger partial charge in [-0.05, 0) is 70.8 Å². The first kappa shape index (κ1) is 27.9. The monoisotopic (exact) mass is 655 g/mol.